The van der Waals surface area contributed by atoms with E-state index in [9.17, 15) is 9.50 Å². The minimum atomic E-state index is -1.01. The molecule has 102 valence electrons. The van der Waals surface area contributed by atoms with E-state index in [0.29, 0.717) is 5.46 Å². The Morgan fingerprint density at radius 1 is 1.32 bits per heavy atom. The number of hydrogen-bond donors (Lipinski definition) is 1. The maximum absolute atomic E-state index is 13.6. The second-order valence-corrected chi connectivity index (χ2v) is 5.73. The molecule has 1 N–H and O–H groups in total. The fraction of sp³-hybridized carbons (Fsp3) is 0.500. The molecule has 0 bridgehead atoms. The lowest BCUT2D eigenvalue weighted by Crippen LogP contribution is -2.49. The van der Waals surface area contributed by atoms with Gasteiger partial charge in [-0.15, -0.1) is 0 Å². The van der Waals surface area contributed by atoms with E-state index in [4.69, 9.17) is 9.92 Å². The smallest absolute Gasteiger partial charge is 0.309 e. The van der Waals surface area contributed by atoms with Gasteiger partial charge in [0.1, 0.15) is 11.9 Å². The van der Waals surface area contributed by atoms with Gasteiger partial charge in [-0.05, 0) is 52.2 Å². The van der Waals surface area contributed by atoms with Crippen molar-refractivity contribution in [3.8, 4) is 6.07 Å². The summed E-state index contributed by atoms with van der Waals surface area (Å²) in [5.41, 5.74) is -0.267. The molecular weight excluding hydrogens is 244 g/mol. The zero-order valence-corrected chi connectivity index (χ0v) is 12.0. The van der Waals surface area contributed by atoms with Crippen LogP contribution in [0.25, 0.3) is 0 Å². The molecule has 1 aromatic carbocycles. The number of halogens is 1. The second-order valence-electron chi connectivity index (χ2n) is 5.73. The highest BCUT2D eigenvalue weighted by atomic mass is 19.1. The minimum Gasteiger partial charge on any atom is -0.427 e. The van der Waals surface area contributed by atoms with Gasteiger partial charge in [0, 0.05) is 0 Å². The number of hydrogen-bond acceptors (Lipinski definition) is 3. The third-order valence-electron chi connectivity index (χ3n) is 3.61. The van der Waals surface area contributed by atoms with Crippen LogP contribution in [0.1, 0.15) is 38.8 Å². The van der Waals surface area contributed by atoms with E-state index in [1.807, 2.05) is 0 Å². The van der Waals surface area contributed by atoms with E-state index in [-0.39, 0.29) is 13.0 Å². The summed E-state index contributed by atoms with van der Waals surface area (Å²) in [7, 11) is 0.186. The average Bonchev–Trinajstić information content (AvgIpc) is 2.28. The fourth-order valence-corrected chi connectivity index (χ4v) is 1.40. The van der Waals surface area contributed by atoms with Crippen LogP contribution in [0.15, 0.2) is 12.1 Å². The van der Waals surface area contributed by atoms with Gasteiger partial charge < -0.3 is 9.76 Å². The first-order valence-corrected chi connectivity index (χ1v) is 6.14. The Morgan fingerprint density at radius 2 is 1.89 bits per heavy atom. The summed E-state index contributed by atoms with van der Waals surface area (Å²) in [5.74, 6) is -0.548. The second kappa shape index (κ2) is 5.32. The third-order valence-corrected chi connectivity index (χ3v) is 3.61. The quantitative estimate of drug-likeness (QED) is 0.838. The third kappa shape index (κ3) is 3.56. The Kier molecular flexibility index (Phi) is 4.39. The van der Waals surface area contributed by atoms with E-state index >= 15 is 0 Å². The first-order valence-electron chi connectivity index (χ1n) is 6.14. The van der Waals surface area contributed by atoms with Crippen molar-refractivity contribution in [1.82, 2.24) is 0 Å². The van der Waals surface area contributed by atoms with Crippen molar-refractivity contribution in [2.45, 2.75) is 45.8 Å². The summed E-state index contributed by atoms with van der Waals surface area (Å²) >= 11 is 0. The molecule has 0 aliphatic rings. The summed E-state index contributed by atoms with van der Waals surface area (Å²) in [6.07, 6.45) is 0. The highest BCUT2D eigenvalue weighted by Crippen LogP contribution is 2.24. The molecule has 3 nitrogen and oxygen atoms in total. The maximum Gasteiger partial charge on any atom is 0.309 e. The lowest BCUT2D eigenvalue weighted by atomic mass is 9.80. The lowest BCUT2D eigenvalue weighted by molar-refractivity contribution is -0.0893. The van der Waals surface area contributed by atoms with E-state index in [2.05, 4.69) is 0 Å². The molecule has 0 unspecified atom stereocenters. The Bertz CT molecular complexity index is 515. The molecule has 0 heterocycles. The minimum absolute atomic E-state index is 0.0306. The summed E-state index contributed by atoms with van der Waals surface area (Å²) < 4.78 is 19.2. The van der Waals surface area contributed by atoms with Crippen LogP contribution in [0.4, 0.5) is 4.39 Å². The van der Waals surface area contributed by atoms with Crippen LogP contribution in [0.3, 0.4) is 0 Å². The largest absolute Gasteiger partial charge is 0.427 e. The Labute approximate surface area is 114 Å². The van der Waals surface area contributed by atoms with Crippen molar-refractivity contribution in [1.29, 1.82) is 5.26 Å². The zero-order chi connectivity index (χ0) is 14.8. The van der Waals surface area contributed by atoms with Gasteiger partial charge in [-0.1, -0.05) is 5.56 Å². The highest BCUT2D eigenvalue weighted by Gasteiger charge is 2.35. The molecule has 0 radical (unpaired) electrons. The normalized spacial score (nSPS) is 12.1. The van der Waals surface area contributed by atoms with Crippen molar-refractivity contribution in [3.05, 3.63) is 29.1 Å². The number of aliphatic hydroxyl groups is 1. The monoisotopic (exact) mass is 263 g/mol. The summed E-state index contributed by atoms with van der Waals surface area (Å²) in [6.45, 7) is 8.69. The zero-order valence-electron chi connectivity index (χ0n) is 12.0. The molecule has 0 saturated heterocycles. The van der Waals surface area contributed by atoms with Crippen LogP contribution in [0.5, 0.6) is 0 Å². The SMILES string of the molecule is Cc1cc(C#N)c(F)cc1BOC(C)(C)C(C)(C)O. The summed E-state index contributed by atoms with van der Waals surface area (Å²) in [6, 6.07) is 4.62. The van der Waals surface area contributed by atoms with Crippen LogP contribution in [-0.4, -0.2) is 23.8 Å². The summed E-state index contributed by atoms with van der Waals surface area (Å²) in [5, 5.41) is 18.7. The predicted molar refractivity (Wildman–Crippen MR) is 74.1 cm³/mol. The Morgan fingerprint density at radius 3 is 2.37 bits per heavy atom. The van der Waals surface area contributed by atoms with Crippen LogP contribution >= 0.6 is 0 Å². The van der Waals surface area contributed by atoms with Crippen LogP contribution in [0, 0.1) is 24.1 Å². The van der Waals surface area contributed by atoms with Crippen LogP contribution in [-0.2, 0) is 4.65 Å². The van der Waals surface area contributed by atoms with Crippen molar-refractivity contribution in [3.63, 3.8) is 0 Å². The highest BCUT2D eigenvalue weighted by molar-refractivity contribution is 6.47. The number of nitriles is 1. The molecular formula is C14H19BFNO2. The van der Waals surface area contributed by atoms with E-state index in [1.54, 1.807) is 40.7 Å². The molecule has 1 aromatic rings. The molecule has 0 saturated carbocycles. The fourth-order valence-electron chi connectivity index (χ4n) is 1.40. The lowest BCUT2D eigenvalue weighted by Gasteiger charge is -2.37. The first-order chi connectivity index (χ1) is 8.58. The van der Waals surface area contributed by atoms with Crippen molar-refractivity contribution < 1.29 is 14.2 Å². The molecule has 0 aliphatic carbocycles. The van der Waals surface area contributed by atoms with E-state index in [1.165, 1.54) is 12.1 Å². The van der Waals surface area contributed by atoms with Crippen molar-refractivity contribution in [2.24, 2.45) is 0 Å². The molecule has 0 aromatic heterocycles. The summed E-state index contributed by atoms with van der Waals surface area (Å²) in [4.78, 5) is 0. The molecule has 19 heavy (non-hydrogen) atoms. The predicted octanol–water partition coefficient (Wildman–Crippen LogP) is 1.55. The molecule has 0 fully saturated rings. The van der Waals surface area contributed by atoms with Gasteiger partial charge in [0.15, 0.2) is 0 Å². The number of benzene rings is 1. The molecule has 0 spiro atoms. The number of rotatable bonds is 4. The van der Waals surface area contributed by atoms with Gasteiger partial charge >= 0.3 is 7.48 Å². The van der Waals surface area contributed by atoms with E-state index in [0.717, 1.165) is 5.56 Å². The topological polar surface area (TPSA) is 53.2 Å². The molecule has 0 atom stereocenters. The van der Waals surface area contributed by atoms with Crippen LogP contribution in [0.2, 0.25) is 0 Å². The van der Waals surface area contributed by atoms with Gasteiger partial charge in [0.2, 0.25) is 0 Å². The van der Waals surface area contributed by atoms with Crippen molar-refractivity contribution in [2.75, 3.05) is 0 Å². The van der Waals surface area contributed by atoms with E-state index < -0.39 is 17.0 Å². The Hall–Kier alpha value is -1.38. The first kappa shape index (κ1) is 15.7. The van der Waals surface area contributed by atoms with Crippen molar-refractivity contribution >= 4 is 12.9 Å². The van der Waals surface area contributed by atoms with Gasteiger partial charge in [-0.25, -0.2) is 4.39 Å². The average molecular weight is 263 g/mol. The maximum atomic E-state index is 13.6. The standard InChI is InChI=1S/C14H19BFNO2/c1-9-6-10(8-17)12(16)7-11(9)15-19-14(4,5)13(2,3)18/h6-7,15,18H,1-5H3. The number of aryl methyl sites for hydroxylation is 1. The van der Waals surface area contributed by atoms with Gasteiger partial charge in [-0.3, -0.25) is 0 Å². The Balaban J connectivity index is 2.91. The molecule has 0 amide bonds. The molecule has 1 rings (SSSR count). The van der Waals surface area contributed by atoms with Gasteiger partial charge in [-0.2, -0.15) is 5.26 Å². The van der Waals surface area contributed by atoms with Gasteiger partial charge in [0.25, 0.3) is 0 Å². The van der Waals surface area contributed by atoms with Gasteiger partial charge in [0.05, 0.1) is 16.8 Å². The van der Waals surface area contributed by atoms with Crippen LogP contribution < -0.4 is 5.46 Å². The molecule has 0 aliphatic heterocycles. The molecule has 5 heteroatoms. The number of nitrogens with zero attached hydrogens (tertiary/aromatic N) is 1.